The molecule has 7 nitrogen and oxygen atoms in total. The molecule has 0 spiro atoms. The van der Waals surface area contributed by atoms with Gasteiger partial charge in [0.05, 0.1) is 4.92 Å². The first-order chi connectivity index (χ1) is 12.7. The minimum atomic E-state index is -0.265. The van der Waals surface area contributed by atoms with Gasteiger partial charge < -0.3 is 9.80 Å². The molecule has 0 N–H and O–H groups in total. The molecule has 2 aliphatic heterocycles. The van der Waals surface area contributed by atoms with Gasteiger partial charge in [-0.05, 0) is 48.9 Å². The summed E-state index contributed by atoms with van der Waals surface area (Å²) in [6.07, 6.45) is 6.92. The molecule has 1 aromatic heterocycles. The molecule has 0 aromatic carbocycles. The van der Waals surface area contributed by atoms with Gasteiger partial charge in [0, 0.05) is 25.7 Å². The summed E-state index contributed by atoms with van der Waals surface area (Å²) in [5.74, 6) is 1.69. The third-order valence-corrected chi connectivity index (χ3v) is 6.74. The first kappa shape index (κ1) is 18.4. The van der Waals surface area contributed by atoms with Gasteiger partial charge in [0.2, 0.25) is 11.6 Å². The molecule has 1 aliphatic carbocycles. The van der Waals surface area contributed by atoms with E-state index in [1.54, 1.807) is 0 Å². The van der Waals surface area contributed by atoms with E-state index >= 15 is 0 Å². The highest BCUT2D eigenvalue weighted by Crippen LogP contribution is 2.54. The molecule has 2 saturated heterocycles. The zero-order valence-electron chi connectivity index (χ0n) is 16.9. The average Bonchev–Trinajstić information content (AvgIpc) is 2.83. The highest BCUT2D eigenvalue weighted by molar-refractivity contribution is 5.72. The van der Waals surface area contributed by atoms with Gasteiger partial charge >= 0.3 is 5.69 Å². The van der Waals surface area contributed by atoms with Crippen molar-refractivity contribution in [3.05, 3.63) is 16.4 Å². The Morgan fingerprint density at radius 3 is 2.48 bits per heavy atom. The van der Waals surface area contributed by atoms with E-state index < -0.39 is 0 Å². The summed E-state index contributed by atoms with van der Waals surface area (Å²) >= 11 is 0. The molecule has 148 valence electrons. The molecule has 2 unspecified atom stereocenters. The maximum absolute atomic E-state index is 12.1. The topological polar surface area (TPSA) is 75.4 Å². The lowest BCUT2D eigenvalue weighted by Gasteiger charge is -2.39. The number of piperidine rings is 1. The summed E-state index contributed by atoms with van der Waals surface area (Å²) < 4.78 is 0. The number of fused-ring (bicyclic) bond motifs is 2. The molecular weight excluding hydrogens is 342 g/mol. The predicted octanol–water partition coefficient (Wildman–Crippen LogP) is 4.03. The second-order valence-electron chi connectivity index (χ2n) is 10.1. The van der Waals surface area contributed by atoms with Crippen molar-refractivity contribution < 1.29 is 4.92 Å². The molecule has 4 rings (SSSR count). The zero-order chi connectivity index (χ0) is 19.4. The summed E-state index contributed by atoms with van der Waals surface area (Å²) in [5, 5.41) is 12.1. The van der Waals surface area contributed by atoms with Gasteiger partial charge in [0.1, 0.15) is 6.33 Å². The molecule has 0 radical (unpaired) electrons. The summed E-state index contributed by atoms with van der Waals surface area (Å²) in [4.78, 5) is 24.9. The smallest absolute Gasteiger partial charge is 0.351 e. The highest BCUT2D eigenvalue weighted by Gasteiger charge is 2.51. The van der Waals surface area contributed by atoms with Crippen molar-refractivity contribution in [2.45, 2.75) is 65.8 Å². The summed E-state index contributed by atoms with van der Waals surface area (Å²) in [6.45, 7) is 11.7. The molecule has 2 atom stereocenters. The molecule has 2 bridgehead atoms. The van der Waals surface area contributed by atoms with Gasteiger partial charge in [-0.2, -0.15) is 0 Å². The average molecular weight is 374 g/mol. The minimum Gasteiger partial charge on any atom is -0.351 e. The third-order valence-electron chi connectivity index (χ3n) is 6.74. The lowest BCUT2D eigenvalue weighted by Crippen LogP contribution is -2.36. The highest BCUT2D eigenvalue weighted by atomic mass is 16.6. The number of rotatable bonds is 3. The van der Waals surface area contributed by atoms with Gasteiger partial charge in [-0.3, -0.25) is 10.1 Å². The maximum Gasteiger partial charge on any atom is 0.353 e. The Kier molecular flexibility index (Phi) is 4.31. The van der Waals surface area contributed by atoms with Crippen molar-refractivity contribution >= 4 is 17.3 Å². The third kappa shape index (κ3) is 3.36. The number of nitrogens with zero attached hydrogens (tertiary/aromatic N) is 5. The van der Waals surface area contributed by atoms with E-state index in [1.165, 1.54) is 6.33 Å². The van der Waals surface area contributed by atoms with E-state index in [0.717, 1.165) is 51.7 Å². The number of hydrogen-bond acceptors (Lipinski definition) is 6. The molecular formula is C20H31N5O2. The number of hydrogen-bond donors (Lipinski definition) is 0. The van der Waals surface area contributed by atoms with Gasteiger partial charge in [-0.25, -0.2) is 9.97 Å². The van der Waals surface area contributed by atoms with Crippen LogP contribution in [0.5, 0.6) is 0 Å². The Morgan fingerprint density at radius 1 is 1.15 bits per heavy atom. The van der Waals surface area contributed by atoms with Crippen LogP contribution < -0.4 is 9.80 Å². The molecule has 27 heavy (non-hydrogen) atoms. The lowest BCUT2D eigenvalue weighted by atomic mass is 9.65. The van der Waals surface area contributed by atoms with Crippen LogP contribution in [0.2, 0.25) is 0 Å². The van der Waals surface area contributed by atoms with Crippen LogP contribution in [-0.2, 0) is 0 Å². The molecule has 1 saturated carbocycles. The fourth-order valence-electron chi connectivity index (χ4n) is 5.89. The Labute approximate surface area is 161 Å². The van der Waals surface area contributed by atoms with Gasteiger partial charge in [-0.1, -0.05) is 27.7 Å². The van der Waals surface area contributed by atoms with Crippen molar-refractivity contribution in [3.8, 4) is 0 Å². The summed E-state index contributed by atoms with van der Waals surface area (Å²) in [6, 6.07) is 0.321. The monoisotopic (exact) mass is 373 g/mol. The van der Waals surface area contributed by atoms with E-state index in [1.807, 2.05) is 0 Å². The van der Waals surface area contributed by atoms with E-state index in [4.69, 9.17) is 0 Å². The van der Waals surface area contributed by atoms with E-state index in [0.29, 0.717) is 23.6 Å². The molecule has 3 aliphatic rings. The van der Waals surface area contributed by atoms with Crippen LogP contribution >= 0.6 is 0 Å². The predicted molar refractivity (Wildman–Crippen MR) is 106 cm³/mol. The quantitative estimate of drug-likeness (QED) is 0.588. The molecule has 0 amide bonds. The maximum atomic E-state index is 12.1. The number of aromatic nitrogens is 2. The van der Waals surface area contributed by atoms with Crippen molar-refractivity contribution in [2.24, 2.45) is 16.7 Å². The van der Waals surface area contributed by atoms with Crippen LogP contribution in [0.1, 0.15) is 59.8 Å². The van der Waals surface area contributed by atoms with Gasteiger partial charge in [0.25, 0.3) is 0 Å². The SMILES string of the molecule is CC1CCN(c2ncnc(N3CC4(C)CC3CC(C)(C)C4)c2[N+](=O)[O-])CC1. The van der Waals surface area contributed by atoms with Crippen molar-refractivity contribution in [1.82, 2.24) is 9.97 Å². The number of anilines is 2. The number of nitro groups is 1. The van der Waals surface area contributed by atoms with Crippen LogP contribution in [-0.4, -0.2) is 40.6 Å². The fraction of sp³-hybridized carbons (Fsp3) is 0.800. The van der Waals surface area contributed by atoms with Crippen molar-refractivity contribution in [3.63, 3.8) is 0 Å². The Morgan fingerprint density at radius 2 is 1.81 bits per heavy atom. The summed E-state index contributed by atoms with van der Waals surface area (Å²) in [5.41, 5.74) is 0.562. The Hall–Kier alpha value is -1.92. The van der Waals surface area contributed by atoms with E-state index in [2.05, 4.69) is 47.5 Å². The van der Waals surface area contributed by atoms with Crippen molar-refractivity contribution in [2.75, 3.05) is 29.4 Å². The first-order valence-corrected chi connectivity index (χ1v) is 10.2. The van der Waals surface area contributed by atoms with E-state index in [9.17, 15) is 10.1 Å². The molecule has 7 heteroatoms. The molecule has 3 fully saturated rings. The van der Waals surface area contributed by atoms with Crippen molar-refractivity contribution in [1.29, 1.82) is 0 Å². The van der Waals surface area contributed by atoms with Crippen LogP contribution in [0.15, 0.2) is 6.33 Å². The fourth-order valence-corrected chi connectivity index (χ4v) is 5.89. The Bertz CT molecular complexity index is 744. The van der Waals surface area contributed by atoms with Gasteiger partial charge in [-0.15, -0.1) is 0 Å². The summed E-state index contributed by atoms with van der Waals surface area (Å²) in [7, 11) is 0. The minimum absolute atomic E-state index is 0.0982. The van der Waals surface area contributed by atoms with E-state index in [-0.39, 0.29) is 21.4 Å². The second-order valence-corrected chi connectivity index (χ2v) is 10.1. The van der Waals surface area contributed by atoms with Crippen LogP contribution in [0, 0.1) is 26.9 Å². The Balaban J connectivity index is 1.71. The molecule has 1 aromatic rings. The zero-order valence-corrected chi connectivity index (χ0v) is 16.9. The van der Waals surface area contributed by atoms with Crippen LogP contribution in [0.25, 0.3) is 0 Å². The molecule has 3 heterocycles. The van der Waals surface area contributed by atoms with Gasteiger partial charge in [0.15, 0.2) is 0 Å². The lowest BCUT2D eigenvalue weighted by molar-refractivity contribution is -0.383. The van der Waals surface area contributed by atoms with Crippen LogP contribution in [0.3, 0.4) is 0 Å². The standard InChI is InChI=1S/C20H31N5O2/c1-14-5-7-23(8-6-14)17-16(25(26)27)18(22-13-21-17)24-12-20(4)10-15(24)9-19(2,3)11-20/h13-15H,5-12H2,1-4H3. The largest absolute Gasteiger partial charge is 0.353 e. The normalized spacial score (nSPS) is 30.6. The first-order valence-electron chi connectivity index (χ1n) is 10.2. The second kappa shape index (κ2) is 6.31. The van der Waals surface area contributed by atoms with Crippen LogP contribution in [0.4, 0.5) is 17.3 Å².